The van der Waals surface area contributed by atoms with E-state index < -0.39 is 28.0 Å². The summed E-state index contributed by atoms with van der Waals surface area (Å²) in [6.07, 6.45) is 0. The highest BCUT2D eigenvalue weighted by molar-refractivity contribution is 7.89. The van der Waals surface area contributed by atoms with Gasteiger partial charge >= 0.3 is 0 Å². The number of hydrogen-bond donors (Lipinski definition) is 2. The van der Waals surface area contributed by atoms with Crippen molar-refractivity contribution < 1.29 is 22.7 Å². The predicted octanol–water partition coefficient (Wildman–Crippen LogP) is 0.873. The van der Waals surface area contributed by atoms with Gasteiger partial charge in [-0.25, -0.2) is 17.5 Å². The van der Waals surface area contributed by atoms with E-state index in [1.54, 1.807) is 13.8 Å². The van der Waals surface area contributed by atoms with Gasteiger partial charge in [-0.15, -0.1) is 0 Å². The Labute approximate surface area is 124 Å². The molecule has 0 spiro atoms. The summed E-state index contributed by atoms with van der Waals surface area (Å²) < 4.78 is 45.3. The van der Waals surface area contributed by atoms with Crippen LogP contribution in [-0.4, -0.2) is 39.4 Å². The van der Waals surface area contributed by atoms with Crippen molar-refractivity contribution in [2.75, 3.05) is 20.3 Å². The Morgan fingerprint density at radius 1 is 1.43 bits per heavy atom. The summed E-state index contributed by atoms with van der Waals surface area (Å²) in [7, 11) is -2.39. The molecule has 0 unspecified atom stereocenters. The molecule has 0 aromatic heterocycles. The molecule has 0 fully saturated rings. The zero-order valence-corrected chi connectivity index (χ0v) is 12.9. The highest BCUT2D eigenvalue weighted by Gasteiger charge is 2.23. The Balaban J connectivity index is 3.14. The van der Waals surface area contributed by atoms with E-state index in [4.69, 9.17) is 9.84 Å². The maximum absolute atomic E-state index is 13.2. The van der Waals surface area contributed by atoms with Gasteiger partial charge < -0.3 is 9.84 Å². The van der Waals surface area contributed by atoms with Crippen LogP contribution in [0.3, 0.4) is 0 Å². The van der Waals surface area contributed by atoms with Gasteiger partial charge in [0.15, 0.2) is 0 Å². The summed E-state index contributed by atoms with van der Waals surface area (Å²) in [5, 5.41) is 8.68. The molecule has 0 saturated carbocycles. The van der Waals surface area contributed by atoms with Gasteiger partial charge in [0.1, 0.15) is 12.4 Å². The molecule has 1 aromatic rings. The molecule has 21 heavy (non-hydrogen) atoms. The van der Waals surface area contributed by atoms with E-state index in [0.29, 0.717) is 0 Å². The first-order chi connectivity index (χ1) is 9.72. The predicted molar refractivity (Wildman–Crippen MR) is 76.6 cm³/mol. The van der Waals surface area contributed by atoms with Crippen LogP contribution in [0, 0.1) is 17.7 Å². The van der Waals surface area contributed by atoms with Crippen molar-refractivity contribution in [2.45, 2.75) is 24.3 Å². The van der Waals surface area contributed by atoms with Crippen molar-refractivity contribution >= 4 is 10.0 Å². The van der Waals surface area contributed by atoms with E-state index in [-0.39, 0.29) is 17.0 Å². The van der Waals surface area contributed by atoms with E-state index in [9.17, 15) is 12.8 Å². The summed E-state index contributed by atoms with van der Waals surface area (Å²) in [5.41, 5.74) is -0.684. The number of aliphatic hydroxyl groups excluding tert-OH is 1. The molecule has 1 rings (SSSR count). The van der Waals surface area contributed by atoms with Gasteiger partial charge in [0.05, 0.1) is 10.5 Å². The fourth-order valence-corrected chi connectivity index (χ4v) is 2.73. The highest BCUT2D eigenvalue weighted by atomic mass is 32.2. The van der Waals surface area contributed by atoms with Crippen LogP contribution in [0.15, 0.2) is 23.1 Å². The largest absolute Gasteiger partial charge is 0.384 e. The maximum atomic E-state index is 13.2. The van der Waals surface area contributed by atoms with Crippen molar-refractivity contribution in [1.82, 2.24) is 4.72 Å². The lowest BCUT2D eigenvalue weighted by molar-refractivity contribution is 0.0276. The number of benzene rings is 1. The van der Waals surface area contributed by atoms with Crippen LogP contribution < -0.4 is 4.72 Å². The minimum atomic E-state index is -3.86. The van der Waals surface area contributed by atoms with Gasteiger partial charge in [-0.2, -0.15) is 0 Å². The molecule has 0 amide bonds. The first kappa shape index (κ1) is 17.6. The van der Waals surface area contributed by atoms with Crippen LogP contribution >= 0.6 is 0 Å². The van der Waals surface area contributed by atoms with Crippen molar-refractivity contribution in [3.8, 4) is 11.8 Å². The molecular formula is C14H18FNO4S. The van der Waals surface area contributed by atoms with Crippen molar-refractivity contribution in [2.24, 2.45) is 0 Å². The van der Waals surface area contributed by atoms with Gasteiger partial charge in [0, 0.05) is 19.2 Å². The van der Waals surface area contributed by atoms with E-state index in [0.717, 1.165) is 18.2 Å². The fraction of sp³-hybridized carbons (Fsp3) is 0.429. The van der Waals surface area contributed by atoms with E-state index in [1.807, 2.05) is 0 Å². The number of aliphatic hydroxyl groups is 1. The number of methoxy groups -OCH3 is 1. The molecule has 0 aliphatic heterocycles. The quantitative estimate of drug-likeness (QED) is 0.791. The molecule has 7 heteroatoms. The van der Waals surface area contributed by atoms with Gasteiger partial charge in [0.2, 0.25) is 10.0 Å². The fourth-order valence-electron chi connectivity index (χ4n) is 1.39. The van der Waals surface area contributed by atoms with Crippen LogP contribution in [-0.2, 0) is 14.8 Å². The first-order valence-corrected chi connectivity index (χ1v) is 7.64. The second-order valence-corrected chi connectivity index (χ2v) is 6.62. The number of rotatable bonds is 5. The standard InChI is InChI=1S/C14H18FNO4S/c1-14(2,20-3)10-16-21(18,19)13-7-6-12(15)9-11(13)5-4-8-17/h6-7,9,16-17H,8,10H2,1-3H3. The summed E-state index contributed by atoms with van der Waals surface area (Å²) in [5.74, 6) is 4.14. The zero-order valence-electron chi connectivity index (χ0n) is 12.1. The number of halogens is 1. The smallest absolute Gasteiger partial charge is 0.241 e. The second-order valence-electron chi connectivity index (χ2n) is 4.89. The zero-order chi connectivity index (χ0) is 16.1. The molecule has 116 valence electrons. The summed E-state index contributed by atoms with van der Waals surface area (Å²) in [4.78, 5) is -0.142. The summed E-state index contributed by atoms with van der Waals surface area (Å²) in [6, 6.07) is 3.19. The third-order valence-corrected chi connectivity index (χ3v) is 4.23. The topological polar surface area (TPSA) is 75.6 Å². The lowest BCUT2D eigenvalue weighted by atomic mass is 10.1. The molecule has 0 heterocycles. The monoisotopic (exact) mass is 315 g/mol. The maximum Gasteiger partial charge on any atom is 0.241 e. The van der Waals surface area contributed by atoms with Crippen molar-refractivity contribution in [1.29, 1.82) is 0 Å². The molecule has 0 radical (unpaired) electrons. The van der Waals surface area contributed by atoms with Crippen LogP contribution in [0.1, 0.15) is 19.4 Å². The number of ether oxygens (including phenoxy) is 1. The van der Waals surface area contributed by atoms with Crippen LogP contribution in [0.5, 0.6) is 0 Å². The lowest BCUT2D eigenvalue weighted by Gasteiger charge is -2.23. The number of hydrogen-bond acceptors (Lipinski definition) is 4. The average molecular weight is 315 g/mol. The Kier molecular flexibility index (Phi) is 5.87. The number of sulfonamides is 1. The second kappa shape index (κ2) is 7.00. The minimum Gasteiger partial charge on any atom is -0.384 e. The van der Waals surface area contributed by atoms with Crippen molar-refractivity contribution in [3.05, 3.63) is 29.6 Å². The van der Waals surface area contributed by atoms with Gasteiger partial charge in [0.25, 0.3) is 0 Å². The van der Waals surface area contributed by atoms with Crippen molar-refractivity contribution in [3.63, 3.8) is 0 Å². The molecule has 2 N–H and O–H groups in total. The van der Waals surface area contributed by atoms with Crippen LogP contribution in [0.25, 0.3) is 0 Å². The molecule has 0 aliphatic rings. The number of nitrogens with one attached hydrogen (secondary N) is 1. The molecule has 1 aromatic carbocycles. The Morgan fingerprint density at radius 3 is 2.67 bits per heavy atom. The van der Waals surface area contributed by atoms with Gasteiger partial charge in [-0.05, 0) is 32.0 Å². The normalized spacial score (nSPS) is 11.9. The SMILES string of the molecule is COC(C)(C)CNS(=O)(=O)c1ccc(F)cc1C#CCO. The molecule has 5 nitrogen and oxygen atoms in total. The summed E-state index contributed by atoms with van der Waals surface area (Å²) in [6.45, 7) is 3.07. The molecule has 0 saturated heterocycles. The van der Waals surface area contributed by atoms with E-state index in [1.165, 1.54) is 7.11 Å². The molecule has 0 aliphatic carbocycles. The Bertz CT molecular complexity index is 659. The minimum absolute atomic E-state index is 0.00762. The lowest BCUT2D eigenvalue weighted by Crippen LogP contribution is -2.39. The summed E-state index contributed by atoms with van der Waals surface area (Å²) >= 11 is 0. The van der Waals surface area contributed by atoms with E-state index >= 15 is 0 Å². The van der Waals surface area contributed by atoms with Gasteiger partial charge in [-0.1, -0.05) is 11.8 Å². The van der Waals surface area contributed by atoms with E-state index in [2.05, 4.69) is 16.6 Å². The van der Waals surface area contributed by atoms with Crippen LogP contribution in [0.2, 0.25) is 0 Å². The third-order valence-electron chi connectivity index (χ3n) is 2.77. The highest BCUT2D eigenvalue weighted by Crippen LogP contribution is 2.17. The van der Waals surface area contributed by atoms with Crippen LogP contribution in [0.4, 0.5) is 4.39 Å². The van der Waals surface area contributed by atoms with Gasteiger partial charge in [-0.3, -0.25) is 0 Å². The Hall–Kier alpha value is -1.46. The average Bonchev–Trinajstić information content (AvgIpc) is 2.43. The molecule has 0 bridgehead atoms. The molecule has 0 atom stereocenters. The first-order valence-electron chi connectivity index (χ1n) is 6.16. The molecular weight excluding hydrogens is 297 g/mol. The third kappa shape index (κ3) is 5.10. The Morgan fingerprint density at radius 2 is 2.10 bits per heavy atom.